The zero-order chi connectivity index (χ0) is 18.5. The molecule has 8 heteroatoms. The van der Waals surface area contributed by atoms with E-state index in [2.05, 4.69) is 0 Å². The van der Waals surface area contributed by atoms with Gasteiger partial charge in [-0.3, -0.25) is 4.79 Å². The molecule has 7 nitrogen and oxygen atoms in total. The zero-order valence-corrected chi connectivity index (χ0v) is 16.1. The maximum absolute atomic E-state index is 13.0. The fourth-order valence-corrected chi connectivity index (χ4v) is 7.08. The second-order valence-electron chi connectivity index (χ2n) is 8.01. The number of nitrogens with zero attached hydrogens (tertiary/aromatic N) is 2. The van der Waals surface area contributed by atoms with Crippen LogP contribution in [0.3, 0.4) is 0 Å². The number of hydrogen-bond donors (Lipinski definition) is 0. The Kier molecular flexibility index (Phi) is 4.64. The first-order chi connectivity index (χ1) is 11.6. The predicted octanol–water partition coefficient (Wildman–Crippen LogP) is 1.49. The smallest absolute Gasteiger partial charge is 0.409 e. The summed E-state index contributed by atoms with van der Waals surface area (Å²) in [5.74, 6) is 0.320. The third-order valence-corrected chi connectivity index (χ3v) is 8.74. The zero-order valence-electron chi connectivity index (χ0n) is 15.3. The lowest BCUT2D eigenvalue weighted by molar-refractivity contribution is -0.128. The molecule has 0 spiro atoms. The van der Waals surface area contributed by atoms with Gasteiger partial charge < -0.3 is 9.64 Å². The van der Waals surface area contributed by atoms with E-state index >= 15 is 0 Å². The number of hydrogen-bond acceptors (Lipinski definition) is 5. The number of Topliss-reactive ketones (excluding diaryl/α,β-unsaturated/α-hetero) is 1. The van der Waals surface area contributed by atoms with Crippen molar-refractivity contribution in [3.63, 3.8) is 0 Å². The Morgan fingerprint density at radius 2 is 1.88 bits per heavy atom. The highest BCUT2D eigenvalue weighted by Gasteiger charge is 2.65. The molecule has 1 amide bonds. The van der Waals surface area contributed by atoms with Crippen LogP contribution in [0.1, 0.15) is 40.0 Å². The minimum absolute atomic E-state index is 0.0955. The van der Waals surface area contributed by atoms with Crippen molar-refractivity contribution < 1.29 is 22.7 Å². The fourth-order valence-electron chi connectivity index (χ4n) is 4.87. The lowest BCUT2D eigenvalue weighted by Gasteiger charge is -2.39. The van der Waals surface area contributed by atoms with E-state index in [1.165, 1.54) is 9.21 Å². The normalized spacial score (nSPS) is 32.2. The van der Waals surface area contributed by atoms with Gasteiger partial charge in [0.1, 0.15) is 5.78 Å². The van der Waals surface area contributed by atoms with Crippen LogP contribution in [-0.2, 0) is 19.6 Å². The minimum atomic E-state index is -3.54. The molecule has 1 saturated heterocycles. The van der Waals surface area contributed by atoms with E-state index in [0.29, 0.717) is 38.5 Å². The first-order valence-corrected chi connectivity index (χ1v) is 10.7. The lowest BCUT2D eigenvalue weighted by atomic mass is 9.70. The average molecular weight is 372 g/mol. The summed E-state index contributed by atoms with van der Waals surface area (Å²) in [5, 5.41) is 0. The van der Waals surface area contributed by atoms with Gasteiger partial charge in [-0.1, -0.05) is 13.8 Å². The van der Waals surface area contributed by atoms with Gasteiger partial charge in [0.2, 0.25) is 10.0 Å². The highest BCUT2D eigenvalue weighted by molar-refractivity contribution is 7.89. The van der Waals surface area contributed by atoms with Crippen LogP contribution in [0.15, 0.2) is 0 Å². The topological polar surface area (TPSA) is 84.0 Å². The average Bonchev–Trinajstić information content (AvgIpc) is 2.89. The highest BCUT2D eigenvalue weighted by atomic mass is 32.2. The molecular formula is C17H28N2O5S. The Labute approximate surface area is 149 Å². The molecule has 3 aliphatic rings. The van der Waals surface area contributed by atoms with Gasteiger partial charge in [-0.25, -0.2) is 13.2 Å². The van der Waals surface area contributed by atoms with Crippen LogP contribution in [0, 0.1) is 16.7 Å². The molecule has 0 N–H and O–H groups in total. The number of fused-ring (bicyclic) bond motifs is 2. The van der Waals surface area contributed by atoms with Crippen molar-refractivity contribution in [1.82, 2.24) is 9.21 Å². The van der Waals surface area contributed by atoms with Crippen molar-refractivity contribution in [2.45, 2.75) is 40.0 Å². The molecule has 0 radical (unpaired) electrons. The van der Waals surface area contributed by atoms with Crippen LogP contribution < -0.4 is 0 Å². The van der Waals surface area contributed by atoms with Gasteiger partial charge in [-0.15, -0.1) is 0 Å². The minimum Gasteiger partial charge on any atom is -0.450 e. The maximum Gasteiger partial charge on any atom is 0.409 e. The molecule has 1 heterocycles. The number of ether oxygens (including phenoxy) is 1. The van der Waals surface area contributed by atoms with Crippen molar-refractivity contribution in [1.29, 1.82) is 0 Å². The van der Waals surface area contributed by atoms with Gasteiger partial charge in [0, 0.05) is 38.0 Å². The van der Waals surface area contributed by atoms with Crippen LogP contribution in [0.4, 0.5) is 4.79 Å². The third kappa shape index (κ3) is 2.87. The molecule has 1 aliphatic heterocycles. The number of rotatable bonds is 4. The van der Waals surface area contributed by atoms with Crippen LogP contribution in [-0.4, -0.2) is 68.0 Å². The Hall–Kier alpha value is -1.15. The summed E-state index contributed by atoms with van der Waals surface area (Å²) >= 11 is 0. The number of amides is 1. The molecule has 142 valence electrons. The van der Waals surface area contributed by atoms with E-state index in [9.17, 15) is 18.0 Å². The Bertz CT molecular complexity index is 667. The largest absolute Gasteiger partial charge is 0.450 e. The number of piperazine rings is 1. The van der Waals surface area contributed by atoms with Crippen LogP contribution in [0.5, 0.6) is 0 Å². The predicted molar refractivity (Wildman–Crippen MR) is 92.5 cm³/mol. The maximum atomic E-state index is 13.0. The molecule has 3 rings (SSSR count). The molecule has 2 saturated carbocycles. The first kappa shape index (κ1) is 18.6. The standard InChI is InChI=1S/C17H28N2O5S/c1-4-24-15(21)18-7-9-19(10-8-18)25(22,23)12-17-6-5-13(11-14(17)20)16(17,2)3/h13H,4-12H2,1-3H3/t13-,17+/m1/s1. The van der Waals surface area contributed by atoms with Crippen molar-refractivity contribution in [2.75, 3.05) is 38.5 Å². The second-order valence-corrected chi connectivity index (χ2v) is 9.98. The monoisotopic (exact) mass is 372 g/mol. The highest BCUT2D eigenvalue weighted by Crippen LogP contribution is 2.64. The van der Waals surface area contributed by atoms with Gasteiger partial charge >= 0.3 is 6.09 Å². The molecule has 2 aliphatic carbocycles. The summed E-state index contributed by atoms with van der Waals surface area (Å²) in [6.07, 6.45) is 1.72. The van der Waals surface area contributed by atoms with E-state index in [-0.39, 0.29) is 30.0 Å². The third-order valence-electron chi connectivity index (χ3n) is 6.73. The van der Waals surface area contributed by atoms with E-state index < -0.39 is 21.5 Å². The van der Waals surface area contributed by atoms with Crippen molar-refractivity contribution in [2.24, 2.45) is 16.7 Å². The second kappa shape index (κ2) is 6.23. The fraction of sp³-hybridized carbons (Fsp3) is 0.882. The van der Waals surface area contributed by atoms with Crippen LogP contribution >= 0.6 is 0 Å². The molecule has 0 aromatic carbocycles. The number of carbonyl (C=O) groups is 2. The van der Waals surface area contributed by atoms with Crippen molar-refractivity contribution in [3.8, 4) is 0 Å². The summed E-state index contributed by atoms with van der Waals surface area (Å²) in [7, 11) is -3.54. The summed E-state index contributed by atoms with van der Waals surface area (Å²) in [4.78, 5) is 25.9. The molecular weight excluding hydrogens is 344 g/mol. The quantitative estimate of drug-likeness (QED) is 0.746. The van der Waals surface area contributed by atoms with Crippen molar-refractivity contribution >= 4 is 21.9 Å². The van der Waals surface area contributed by atoms with Gasteiger partial charge in [-0.2, -0.15) is 4.31 Å². The summed E-state index contributed by atoms with van der Waals surface area (Å²) < 4.78 is 32.4. The van der Waals surface area contributed by atoms with Crippen LogP contribution in [0.2, 0.25) is 0 Å². The van der Waals surface area contributed by atoms with E-state index in [1.807, 2.05) is 13.8 Å². The van der Waals surface area contributed by atoms with Crippen LogP contribution in [0.25, 0.3) is 0 Å². The Morgan fingerprint density at radius 1 is 1.24 bits per heavy atom. The summed E-state index contributed by atoms with van der Waals surface area (Å²) in [6.45, 7) is 7.31. The number of carbonyl (C=O) groups excluding carboxylic acids is 2. The molecule has 0 aromatic rings. The van der Waals surface area contributed by atoms with E-state index in [0.717, 1.165) is 6.42 Å². The van der Waals surface area contributed by atoms with Gasteiger partial charge in [-0.05, 0) is 31.1 Å². The van der Waals surface area contributed by atoms with Gasteiger partial charge in [0.15, 0.2) is 0 Å². The first-order valence-electron chi connectivity index (χ1n) is 9.07. The molecule has 25 heavy (non-hydrogen) atoms. The summed E-state index contributed by atoms with van der Waals surface area (Å²) in [6, 6.07) is 0. The molecule has 2 atom stereocenters. The SMILES string of the molecule is CCOC(=O)N1CCN(S(=O)(=O)C[C@@]23CC[C@H](CC2=O)C3(C)C)CC1. The molecule has 0 unspecified atom stereocenters. The number of sulfonamides is 1. The number of ketones is 1. The van der Waals surface area contributed by atoms with Gasteiger partial charge in [0.05, 0.1) is 12.4 Å². The Balaban J connectivity index is 1.70. The van der Waals surface area contributed by atoms with Crippen molar-refractivity contribution in [3.05, 3.63) is 0 Å². The van der Waals surface area contributed by atoms with E-state index in [4.69, 9.17) is 4.74 Å². The Morgan fingerprint density at radius 3 is 2.36 bits per heavy atom. The lowest BCUT2D eigenvalue weighted by Crippen LogP contribution is -2.53. The van der Waals surface area contributed by atoms with Gasteiger partial charge in [0.25, 0.3) is 0 Å². The molecule has 2 bridgehead atoms. The molecule has 0 aromatic heterocycles. The summed E-state index contributed by atoms with van der Waals surface area (Å²) in [5.41, 5.74) is -1.00. The molecule has 3 fully saturated rings. The van der Waals surface area contributed by atoms with E-state index in [1.54, 1.807) is 6.92 Å².